The minimum absolute atomic E-state index is 0.0621. The van der Waals surface area contributed by atoms with Gasteiger partial charge in [-0.3, -0.25) is 9.59 Å². The molecule has 2 amide bonds. The normalized spacial score (nSPS) is 16.9. The van der Waals surface area contributed by atoms with Gasteiger partial charge in [0.15, 0.2) is 33.3 Å². The number of halogens is 2. The number of thiazole rings is 2. The molecule has 2 saturated carbocycles. The molecule has 12 nitrogen and oxygen atoms in total. The molecule has 2 aliphatic carbocycles. The van der Waals surface area contributed by atoms with Gasteiger partial charge in [-0.15, -0.1) is 0 Å². The molecule has 0 unspecified atom stereocenters. The molecule has 2 atom stereocenters. The monoisotopic (exact) mass is 882 g/mol. The summed E-state index contributed by atoms with van der Waals surface area (Å²) in [6.45, 7) is 4.21. The number of hydrogen-bond donors (Lipinski definition) is 4. The molecule has 10 rings (SSSR count). The summed E-state index contributed by atoms with van der Waals surface area (Å²) < 4.78 is 21.7. The van der Waals surface area contributed by atoms with Crippen molar-refractivity contribution in [1.29, 1.82) is 0 Å². The molecule has 2 aromatic heterocycles. The van der Waals surface area contributed by atoms with Gasteiger partial charge in [0.05, 0.1) is 44.1 Å². The number of anilines is 2. The Morgan fingerprint density at radius 2 is 1.00 bits per heavy atom. The fraction of sp³-hybridized carbons (Fsp3) is 0.273. The second kappa shape index (κ2) is 16.0. The lowest BCUT2D eigenvalue weighted by atomic mass is 9.94. The number of nitrogens with two attached hydrogens (primary N) is 2. The van der Waals surface area contributed by atoms with Gasteiger partial charge >= 0.3 is 0 Å². The van der Waals surface area contributed by atoms with E-state index in [1.165, 1.54) is 22.7 Å². The first kappa shape index (κ1) is 40.2. The largest absolute Gasteiger partial charge is 0.454 e. The van der Waals surface area contributed by atoms with E-state index in [0.717, 1.165) is 69.1 Å². The van der Waals surface area contributed by atoms with Crippen LogP contribution in [0.3, 0.4) is 0 Å². The second-order valence-electron chi connectivity index (χ2n) is 15.1. The summed E-state index contributed by atoms with van der Waals surface area (Å²) in [6, 6.07) is 25.6. The number of ether oxygens (including phenoxy) is 4. The summed E-state index contributed by atoms with van der Waals surface area (Å²) in [6.07, 6.45) is 3.15. The summed E-state index contributed by atoms with van der Waals surface area (Å²) in [5.41, 5.74) is 16.9. The van der Waals surface area contributed by atoms with Gasteiger partial charge < -0.3 is 41.0 Å². The minimum Gasteiger partial charge on any atom is -0.454 e. The molecule has 0 bridgehead atoms. The number of aromatic nitrogens is 2. The van der Waals surface area contributed by atoms with E-state index < -0.39 is 22.9 Å². The van der Waals surface area contributed by atoms with Gasteiger partial charge in [0, 0.05) is 10.0 Å². The van der Waals surface area contributed by atoms with Crippen LogP contribution in [0, 0.1) is 13.8 Å². The second-order valence-corrected chi connectivity index (χ2v) is 18.0. The predicted octanol–water partition coefficient (Wildman–Crippen LogP) is 9.10. The van der Waals surface area contributed by atoms with Crippen LogP contribution in [0.25, 0.3) is 0 Å². The van der Waals surface area contributed by atoms with Crippen LogP contribution in [0.1, 0.15) is 81.2 Å². The van der Waals surface area contributed by atoms with Crippen molar-refractivity contribution in [3.05, 3.63) is 138 Å². The summed E-state index contributed by atoms with van der Waals surface area (Å²) in [5, 5.41) is 8.32. The SMILES string of the molecule is Cc1nc(NC(=O)C2(c3ccc4c(c3)OCO4)CC2)sc1[C@@H](N)c1ccccc1Cl.Cc1nc(NC(=O)C2(c3ccc4c(c3)OCO4)CC2)sc1[C@H](N)c1ccccc1Cl. The number of rotatable bonds is 10. The van der Waals surface area contributed by atoms with Crippen LogP contribution in [0.4, 0.5) is 10.3 Å². The van der Waals surface area contributed by atoms with E-state index in [0.29, 0.717) is 43.3 Å². The number of amides is 2. The fourth-order valence-corrected chi connectivity index (χ4v) is 10.1. The highest BCUT2D eigenvalue weighted by Gasteiger charge is 2.53. The van der Waals surface area contributed by atoms with Crippen molar-refractivity contribution in [2.45, 2.75) is 62.4 Å². The summed E-state index contributed by atoms with van der Waals surface area (Å²) in [5.74, 6) is 2.67. The molecule has 308 valence electrons. The lowest BCUT2D eigenvalue weighted by molar-refractivity contribution is -0.119. The molecule has 0 radical (unpaired) electrons. The Hall–Kier alpha value is -5.22. The maximum Gasteiger partial charge on any atom is 0.236 e. The van der Waals surface area contributed by atoms with Crippen molar-refractivity contribution in [2.24, 2.45) is 11.5 Å². The number of fused-ring (bicyclic) bond motifs is 2. The van der Waals surface area contributed by atoms with Gasteiger partial charge in [0.25, 0.3) is 0 Å². The number of nitrogens with zero attached hydrogens (tertiary/aromatic N) is 2. The third-order valence-corrected chi connectivity index (χ3v) is 14.4. The van der Waals surface area contributed by atoms with E-state index in [1.54, 1.807) is 0 Å². The molecule has 0 spiro atoms. The van der Waals surface area contributed by atoms with Crippen LogP contribution in [0.2, 0.25) is 10.0 Å². The van der Waals surface area contributed by atoms with E-state index in [-0.39, 0.29) is 25.4 Å². The summed E-state index contributed by atoms with van der Waals surface area (Å²) in [4.78, 5) is 37.1. The number of nitrogens with one attached hydrogen (secondary N) is 2. The van der Waals surface area contributed by atoms with Crippen LogP contribution in [-0.4, -0.2) is 35.4 Å². The highest BCUT2D eigenvalue weighted by Crippen LogP contribution is 2.53. The van der Waals surface area contributed by atoms with Crippen molar-refractivity contribution in [3.8, 4) is 23.0 Å². The minimum atomic E-state index is -0.550. The molecule has 2 aliphatic heterocycles. The van der Waals surface area contributed by atoms with Gasteiger partial charge in [0.1, 0.15) is 0 Å². The van der Waals surface area contributed by atoms with Gasteiger partial charge in [-0.2, -0.15) is 0 Å². The van der Waals surface area contributed by atoms with Gasteiger partial charge in [-0.05, 0) is 98.2 Å². The van der Waals surface area contributed by atoms with Crippen LogP contribution in [0.5, 0.6) is 23.0 Å². The highest BCUT2D eigenvalue weighted by molar-refractivity contribution is 7.16. The Labute approximate surface area is 364 Å². The highest BCUT2D eigenvalue weighted by atomic mass is 35.5. The maximum atomic E-state index is 13.1. The van der Waals surface area contributed by atoms with Crippen molar-refractivity contribution in [1.82, 2.24) is 9.97 Å². The van der Waals surface area contributed by atoms with Crippen molar-refractivity contribution < 1.29 is 28.5 Å². The third-order valence-electron chi connectivity index (χ3n) is 11.4. The number of hydrogen-bond acceptors (Lipinski definition) is 12. The number of aryl methyl sites for hydroxylation is 2. The van der Waals surface area contributed by atoms with Crippen LogP contribution in [0.15, 0.2) is 84.9 Å². The molecule has 4 aliphatic rings. The summed E-state index contributed by atoms with van der Waals surface area (Å²) >= 11 is 15.4. The zero-order valence-corrected chi connectivity index (χ0v) is 35.7. The molecule has 4 aromatic carbocycles. The van der Waals surface area contributed by atoms with Crippen LogP contribution in [-0.2, 0) is 20.4 Å². The molecule has 4 heterocycles. The van der Waals surface area contributed by atoms with E-state index in [2.05, 4.69) is 20.6 Å². The predicted molar refractivity (Wildman–Crippen MR) is 233 cm³/mol. The fourth-order valence-electron chi connectivity index (χ4n) is 7.60. The molecule has 6 aromatic rings. The molecule has 6 N–H and O–H groups in total. The molecular weight excluding hydrogens is 844 g/mol. The quantitative estimate of drug-likeness (QED) is 0.104. The van der Waals surface area contributed by atoms with Crippen LogP contribution >= 0.6 is 45.9 Å². The van der Waals surface area contributed by atoms with E-state index in [9.17, 15) is 9.59 Å². The average molecular weight is 884 g/mol. The lowest BCUT2D eigenvalue weighted by Gasteiger charge is -2.15. The molecule has 0 saturated heterocycles. The van der Waals surface area contributed by atoms with Gasteiger partial charge in [-0.25, -0.2) is 9.97 Å². The Balaban J connectivity index is 0.000000154. The van der Waals surface area contributed by atoms with Crippen molar-refractivity contribution >= 4 is 68.0 Å². The van der Waals surface area contributed by atoms with Crippen molar-refractivity contribution in [3.63, 3.8) is 0 Å². The Morgan fingerprint density at radius 1 is 0.617 bits per heavy atom. The zero-order valence-electron chi connectivity index (χ0n) is 32.6. The number of carbonyl (C=O) groups is 2. The molecule has 16 heteroatoms. The van der Waals surface area contributed by atoms with Crippen molar-refractivity contribution in [2.75, 3.05) is 24.2 Å². The Bertz CT molecular complexity index is 2460. The maximum absolute atomic E-state index is 13.1. The first-order valence-electron chi connectivity index (χ1n) is 19.3. The smallest absolute Gasteiger partial charge is 0.236 e. The average Bonchev–Trinajstić information content (AvgIpc) is 4.01. The number of benzene rings is 4. The van der Waals surface area contributed by atoms with E-state index in [1.807, 2.05) is 98.8 Å². The molecule has 60 heavy (non-hydrogen) atoms. The Kier molecular flexibility index (Phi) is 10.7. The third kappa shape index (κ3) is 7.56. The number of carbonyl (C=O) groups excluding carboxylic acids is 2. The first-order chi connectivity index (χ1) is 29.0. The van der Waals surface area contributed by atoms with E-state index >= 15 is 0 Å². The molecule has 2 fully saturated rings. The van der Waals surface area contributed by atoms with Gasteiger partial charge in [0.2, 0.25) is 25.4 Å². The van der Waals surface area contributed by atoms with E-state index in [4.69, 9.17) is 53.6 Å². The topological polar surface area (TPSA) is 173 Å². The first-order valence-corrected chi connectivity index (χ1v) is 21.7. The Morgan fingerprint density at radius 3 is 1.38 bits per heavy atom. The molecular formula is C44H40Cl2N6O6S2. The summed E-state index contributed by atoms with van der Waals surface area (Å²) in [7, 11) is 0. The van der Waals surface area contributed by atoms with Gasteiger partial charge in [-0.1, -0.05) is 94.4 Å². The zero-order chi connectivity index (χ0) is 41.8. The van der Waals surface area contributed by atoms with Crippen LogP contribution < -0.4 is 41.0 Å². The lowest BCUT2D eigenvalue weighted by Crippen LogP contribution is -2.27. The standard InChI is InChI=1S/2C22H20ClN3O3S/c2*1-12-19(18(24)14-4-2-3-5-15(14)23)30-21(25-12)26-20(27)22(8-9-22)13-6-7-16-17(10-13)29-11-28-16/h2*2-7,10,18H,8-9,11,24H2,1H3,(H,25,26,27)/t2*18-/m10/s1.